The molecular weight excluding hydrogens is 368 g/mol. The minimum atomic E-state index is -0.221. The van der Waals surface area contributed by atoms with E-state index in [4.69, 9.17) is 4.74 Å². The van der Waals surface area contributed by atoms with Gasteiger partial charge in [0.25, 0.3) is 0 Å². The number of hydrogen-bond acceptors (Lipinski definition) is 5. The van der Waals surface area contributed by atoms with E-state index in [0.717, 1.165) is 43.7 Å². The summed E-state index contributed by atoms with van der Waals surface area (Å²) in [5.74, 6) is 0.930. The van der Waals surface area contributed by atoms with Gasteiger partial charge in [-0.1, -0.05) is 12.1 Å². The normalized spacial score (nSPS) is 19.7. The summed E-state index contributed by atoms with van der Waals surface area (Å²) in [6.45, 7) is 3.09. The monoisotopic (exact) mass is 396 g/mol. The van der Waals surface area contributed by atoms with Gasteiger partial charge in [-0.2, -0.15) is 0 Å². The predicted octanol–water partition coefficient (Wildman–Crippen LogP) is 2.45. The largest absolute Gasteiger partial charge is 0.494 e. The van der Waals surface area contributed by atoms with E-state index >= 15 is 0 Å². The van der Waals surface area contributed by atoms with Crippen molar-refractivity contribution in [2.75, 3.05) is 26.8 Å². The fraction of sp³-hybridized carbons (Fsp3) is 0.600. The number of piperidine rings is 1. The SMILES string of the molecule is COC(=O)CCCOc1ccc(CNC(=O)C2CC23CCNCC3)cc1.Cl. The zero-order valence-corrected chi connectivity index (χ0v) is 16.6. The van der Waals surface area contributed by atoms with Gasteiger partial charge in [0.05, 0.1) is 13.7 Å². The Hall–Kier alpha value is -1.79. The minimum Gasteiger partial charge on any atom is -0.494 e. The summed E-state index contributed by atoms with van der Waals surface area (Å²) >= 11 is 0. The van der Waals surface area contributed by atoms with Crippen LogP contribution in [0.2, 0.25) is 0 Å². The Morgan fingerprint density at radius 1 is 1.22 bits per heavy atom. The van der Waals surface area contributed by atoms with Crippen LogP contribution in [0.5, 0.6) is 5.75 Å². The third kappa shape index (κ3) is 5.84. The molecule has 1 aromatic carbocycles. The van der Waals surface area contributed by atoms with Crippen LogP contribution in [0.3, 0.4) is 0 Å². The van der Waals surface area contributed by atoms with Gasteiger partial charge in [-0.05, 0) is 61.9 Å². The average molecular weight is 397 g/mol. The molecule has 1 aromatic rings. The topological polar surface area (TPSA) is 76.7 Å². The zero-order valence-electron chi connectivity index (χ0n) is 15.8. The Balaban J connectivity index is 0.00000261. The third-order valence-corrected chi connectivity index (χ3v) is 5.52. The molecule has 1 saturated carbocycles. The Kier molecular flexibility index (Phi) is 7.92. The number of rotatable bonds is 8. The summed E-state index contributed by atoms with van der Waals surface area (Å²) < 4.78 is 10.2. The van der Waals surface area contributed by atoms with Gasteiger partial charge in [0.15, 0.2) is 0 Å². The van der Waals surface area contributed by atoms with Gasteiger partial charge in [-0.25, -0.2) is 0 Å². The van der Waals surface area contributed by atoms with Crippen molar-refractivity contribution in [1.82, 2.24) is 10.6 Å². The van der Waals surface area contributed by atoms with Crippen molar-refractivity contribution in [3.05, 3.63) is 29.8 Å². The number of ether oxygens (including phenoxy) is 2. The van der Waals surface area contributed by atoms with Crippen LogP contribution in [0, 0.1) is 11.3 Å². The molecule has 27 heavy (non-hydrogen) atoms. The minimum absolute atomic E-state index is 0. The third-order valence-electron chi connectivity index (χ3n) is 5.52. The van der Waals surface area contributed by atoms with E-state index in [9.17, 15) is 9.59 Å². The van der Waals surface area contributed by atoms with Crippen LogP contribution in [0.4, 0.5) is 0 Å². The van der Waals surface area contributed by atoms with Gasteiger partial charge in [-0.15, -0.1) is 12.4 Å². The fourth-order valence-electron chi connectivity index (χ4n) is 3.72. The van der Waals surface area contributed by atoms with E-state index in [-0.39, 0.29) is 35.6 Å². The molecule has 150 valence electrons. The van der Waals surface area contributed by atoms with Crippen LogP contribution in [0.25, 0.3) is 0 Å². The van der Waals surface area contributed by atoms with Gasteiger partial charge < -0.3 is 20.1 Å². The highest BCUT2D eigenvalue weighted by Crippen LogP contribution is 2.58. The molecule has 0 aromatic heterocycles. The number of esters is 1. The maximum absolute atomic E-state index is 12.4. The van der Waals surface area contributed by atoms with Crippen molar-refractivity contribution in [2.45, 2.75) is 38.6 Å². The number of hydrogen-bond donors (Lipinski definition) is 2. The van der Waals surface area contributed by atoms with Crippen LogP contribution in [0.15, 0.2) is 24.3 Å². The summed E-state index contributed by atoms with van der Waals surface area (Å²) in [5.41, 5.74) is 1.33. The lowest BCUT2D eigenvalue weighted by molar-refractivity contribution is -0.140. The number of halogens is 1. The summed E-state index contributed by atoms with van der Waals surface area (Å²) in [6, 6.07) is 7.71. The number of methoxy groups -OCH3 is 1. The van der Waals surface area contributed by atoms with Crippen molar-refractivity contribution < 1.29 is 19.1 Å². The van der Waals surface area contributed by atoms with E-state index in [1.807, 2.05) is 24.3 Å². The highest BCUT2D eigenvalue weighted by molar-refractivity contribution is 5.85. The average Bonchev–Trinajstić information content (AvgIpc) is 3.37. The number of nitrogens with one attached hydrogen (secondary N) is 2. The summed E-state index contributed by atoms with van der Waals surface area (Å²) in [4.78, 5) is 23.4. The molecule has 1 aliphatic heterocycles. The standard InChI is InChI=1S/C20H28N2O4.ClH/c1-25-18(23)3-2-12-26-16-6-4-15(5-7-16)14-22-19(24)17-13-20(17)8-10-21-11-9-20;/h4-7,17,21H,2-3,8-14H2,1H3,(H,22,24);1H. The highest BCUT2D eigenvalue weighted by Gasteiger charge is 2.57. The molecule has 2 fully saturated rings. The maximum Gasteiger partial charge on any atom is 0.305 e. The van der Waals surface area contributed by atoms with Crippen LogP contribution >= 0.6 is 12.4 Å². The molecule has 2 N–H and O–H groups in total. The molecule has 6 nitrogen and oxygen atoms in total. The summed E-state index contributed by atoms with van der Waals surface area (Å²) in [6.07, 6.45) is 4.27. The van der Waals surface area contributed by atoms with Gasteiger partial charge in [0.1, 0.15) is 5.75 Å². The van der Waals surface area contributed by atoms with E-state index in [2.05, 4.69) is 15.4 Å². The van der Waals surface area contributed by atoms with Gasteiger partial charge in [-0.3, -0.25) is 9.59 Å². The summed E-state index contributed by atoms with van der Waals surface area (Å²) in [7, 11) is 1.39. The number of carbonyl (C=O) groups excluding carboxylic acids is 2. The highest BCUT2D eigenvalue weighted by atomic mass is 35.5. The molecule has 3 rings (SSSR count). The van der Waals surface area contributed by atoms with Crippen molar-refractivity contribution in [2.24, 2.45) is 11.3 Å². The molecule has 1 atom stereocenters. The Morgan fingerprint density at radius 3 is 2.59 bits per heavy atom. The zero-order chi connectivity index (χ0) is 18.4. The second-order valence-corrected chi connectivity index (χ2v) is 7.26. The number of amides is 1. The van der Waals surface area contributed by atoms with Crippen LogP contribution in [-0.4, -0.2) is 38.7 Å². The Bertz CT molecular complexity index is 629. The molecule has 1 saturated heterocycles. The number of carbonyl (C=O) groups is 2. The molecular formula is C20H29ClN2O4. The van der Waals surface area contributed by atoms with Crippen molar-refractivity contribution in [3.8, 4) is 5.75 Å². The van der Waals surface area contributed by atoms with Crippen LogP contribution < -0.4 is 15.4 Å². The first kappa shape index (κ1) is 21.5. The second-order valence-electron chi connectivity index (χ2n) is 7.26. The molecule has 1 aliphatic carbocycles. The fourth-order valence-corrected chi connectivity index (χ4v) is 3.72. The van der Waals surface area contributed by atoms with E-state index in [1.165, 1.54) is 7.11 Å². The molecule has 1 unspecified atom stereocenters. The van der Waals surface area contributed by atoms with E-state index in [0.29, 0.717) is 26.0 Å². The molecule has 2 aliphatic rings. The van der Waals surface area contributed by atoms with Gasteiger partial charge >= 0.3 is 5.97 Å². The maximum atomic E-state index is 12.4. The van der Waals surface area contributed by atoms with E-state index < -0.39 is 0 Å². The van der Waals surface area contributed by atoms with Crippen molar-refractivity contribution in [3.63, 3.8) is 0 Å². The quantitative estimate of drug-likeness (QED) is 0.521. The van der Waals surface area contributed by atoms with Crippen molar-refractivity contribution in [1.29, 1.82) is 0 Å². The molecule has 0 radical (unpaired) electrons. The van der Waals surface area contributed by atoms with E-state index in [1.54, 1.807) is 0 Å². The lowest BCUT2D eigenvalue weighted by Crippen LogP contribution is -2.33. The molecule has 1 amide bonds. The van der Waals surface area contributed by atoms with Crippen LogP contribution in [-0.2, 0) is 20.9 Å². The first-order valence-electron chi connectivity index (χ1n) is 9.40. The smallest absolute Gasteiger partial charge is 0.305 e. The molecule has 7 heteroatoms. The summed E-state index contributed by atoms with van der Waals surface area (Å²) in [5, 5.41) is 6.43. The first-order chi connectivity index (χ1) is 12.6. The van der Waals surface area contributed by atoms with Gasteiger partial charge in [0.2, 0.25) is 5.91 Å². The predicted molar refractivity (Wildman–Crippen MR) is 105 cm³/mol. The van der Waals surface area contributed by atoms with Crippen molar-refractivity contribution >= 4 is 24.3 Å². The first-order valence-corrected chi connectivity index (χ1v) is 9.40. The second kappa shape index (κ2) is 9.95. The lowest BCUT2D eigenvalue weighted by Gasteiger charge is -2.23. The molecule has 1 spiro atoms. The van der Waals surface area contributed by atoms with Gasteiger partial charge in [0, 0.05) is 18.9 Å². The Morgan fingerprint density at radius 2 is 1.93 bits per heavy atom. The van der Waals surface area contributed by atoms with Crippen LogP contribution in [0.1, 0.15) is 37.7 Å². The number of benzene rings is 1. The molecule has 1 heterocycles. The lowest BCUT2D eigenvalue weighted by atomic mass is 9.92. The Labute approximate surface area is 166 Å². The molecule has 0 bridgehead atoms.